The second-order valence-electron chi connectivity index (χ2n) is 8.27. The van der Waals surface area contributed by atoms with E-state index in [1.807, 2.05) is 6.07 Å². The lowest BCUT2D eigenvalue weighted by molar-refractivity contribution is -0.134. The lowest BCUT2D eigenvalue weighted by Gasteiger charge is -2.38. The first-order valence-electron chi connectivity index (χ1n) is 10.9. The Kier molecular flexibility index (Phi) is 7.32. The van der Waals surface area contributed by atoms with Crippen LogP contribution in [0.3, 0.4) is 0 Å². The highest BCUT2D eigenvalue weighted by Gasteiger charge is 2.30. The first-order chi connectivity index (χ1) is 15.1. The van der Waals surface area contributed by atoms with Gasteiger partial charge >= 0.3 is 0 Å². The number of carbonyl (C=O) groups excluding carboxylic acids is 1. The van der Waals surface area contributed by atoms with Crippen LogP contribution >= 0.6 is 23.2 Å². The monoisotopic (exact) mass is 451 g/mol. The molecular formula is C27H27Cl2NO. The van der Waals surface area contributed by atoms with Gasteiger partial charge in [-0.25, -0.2) is 0 Å². The van der Waals surface area contributed by atoms with E-state index < -0.39 is 0 Å². The molecule has 4 heteroatoms. The zero-order valence-electron chi connectivity index (χ0n) is 17.5. The Morgan fingerprint density at radius 3 is 2.13 bits per heavy atom. The van der Waals surface area contributed by atoms with Gasteiger partial charge in [-0.1, -0.05) is 89.9 Å². The standard InChI is InChI=1S/C27H27Cl2NO/c28-25-15-14-20(17-26(25)29)18-27(31)30-16-8-7-13-23(30)19-24(21-9-3-1-4-10-21)22-11-5-2-6-12-22/h1-6,9-12,14-15,17,23-24H,7-8,13,16,18-19H2. The molecule has 0 aromatic heterocycles. The van der Waals surface area contributed by atoms with Crippen LogP contribution in [0.15, 0.2) is 78.9 Å². The Labute approximate surface area is 194 Å². The Morgan fingerprint density at radius 1 is 0.871 bits per heavy atom. The third-order valence-corrected chi connectivity index (χ3v) is 6.94. The third kappa shape index (κ3) is 5.50. The number of halogens is 2. The first-order valence-corrected chi connectivity index (χ1v) is 11.7. The van der Waals surface area contributed by atoms with E-state index >= 15 is 0 Å². The van der Waals surface area contributed by atoms with Crippen LogP contribution in [0.5, 0.6) is 0 Å². The lowest BCUT2D eigenvalue weighted by Crippen LogP contribution is -2.45. The number of amides is 1. The van der Waals surface area contributed by atoms with Gasteiger partial charge in [0.25, 0.3) is 0 Å². The largest absolute Gasteiger partial charge is 0.339 e. The number of piperidine rings is 1. The van der Waals surface area contributed by atoms with Gasteiger partial charge in [-0.15, -0.1) is 0 Å². The number of rotatable bonds is 6. The minimum absolute atomic E-state index is 0.169. The van der Waals surface area contributed by atoms with E-state index in [1.165, 1.54) is 11.1 Å². The maximum Gasteiger partial charge on any atom is 0.227 e. The van der Waals surface area contributed by atoms with Crippen molar-refractivity contribution in [2.45, 2.75) is 44.1 Å². The minimum Gasteiger partial charge on any atom is -0.339 e. The van der Waals surface area contributed by atoms with Crippen molar-refractivity contribution in [2.75, 3.05) is 6.54 Å². The van der Waals surface area contributed by atoms with E-state index in [4.69, 9.17) is 23.2 Å². The zero-order valence-corrected chi connectivity index (χ0v) is 19.0. The Balaban J connectivity index is 1.55. The maximum absolute atomic E-state index is 13.3. The molecule has 0 spiro atoms. The lowest BCUT2D eigenvalue weighted by atomic mass is 9.83. The van der Waals surface area contributed by atoms with Crippen molar-refractivity contribution in [3.05, 3.63) is 106 Å². The van der Waals surface area contributed by atoms with Crippen LogP contribution in [-0.4, -0.2) is 23.4 Å². The van der Waals surface area contributed by atoms with Gasteiger partial charge in [0.2, 0.25) is 5.91 Å². The van der Waals surface area contributed by atoms with Gasteiger partial charge in [0.15, 0.2) is 0 Å². The minimum atomic E-state index is 0.169. The predicted molar refractivity (Wildman–Crippen MR) is 129 cm³/mol. The fourth-order valence-corrected chi connectivity index (χ4v) is 4.93. The van der Waals surface area contributed by atoms with Crippen LogP contribution in [-0.2, 0) is 11.2 Å². The number of nitrogens with zero attached hydrogens (tertiary/aromatic N) is 1. The van der Waals surface area contributed by atoms with Crippen molar-refractivity contribution in [3.8, 4) is 0 Å². The van der Waals surface area contributed by atoms with Crippen molar-refractivity contribution in [1.82, 2.24) is 4.90 Å². The molecule has 0 aliphatic carbocycles. The van der Waals surface area contributed by atoms with Gasteiger partial charge < -0.3 is 4.90 Å². The van der Waals surface area contributed by atoms with Gasteiger partial charge in [0.05, 0.1) is 16.5 Å². The summed E-state index contributed by atoms with van der Waals surface area (Å²) in [4.78, 5) is 15.4. The smallest absolute Gasteiger partial charge is 0.227 e. The summed E-state index contributed by atoms with van der Waals surface area (Å²) in [5.74, 6) is 0.439. The first kappa shape index (κ1) is 21.9. The van der Waals surface area contributed by atoms with E-state index in [9.17, 15) is 4.79 Å². The number of likely N-dealkylation sites (tertiary alicyclic amines) is 1. The fraction of sp³-hybridized carbons (Fsp3) is 0.296. The molecule has 1 aliphatic heterocycles. The van der Waals surface area contributed by atoms with E-state index in [1.54, 1.807) is 12.1 Å². The molecule has 0 N–H and O–H groups in total. The van der Waals surface area contributed by atoms with Crippen molar-refractivity contribution < 1.29 is 4.79 Å². The molecule has 3 aromatic carbocycles. The third-order valence-electron chi connectivity index (χ3n) is 6.20. The van der Waals surface area contributed by atoms with Gasteiger partial charge in [-0.2, -0.15) is 0 Å². The van der Waals surface area contributed by atoms with Gasteiger partial charge in [-0.3, -0.25) is 4.79 Å². The van der Waals surface area contributed by atoms with Crippen molar-refractivity contribution >= 4 is 29.1 Å². The summed E-state index contributed by atoms with van der Waals surface area (Å²) in [7, 11) is 0. The van der Waals surface area contributed by atoms with Crippen molar-refractivity contribution in [1.29, 1.82) is 0 Å². The summed E-state index contributed by atoms with van der Waals surface area (Å²) < 4.78 is 0. The molecule has 31 heavy (non-hydrogen) atoms. The summed E-state index contributed by atoms with van der Waals surface area (Å²) in [6.07, 6.45) is 4.56. The summed E-state index contributed by atoms with van der Waals surface area (Å²) in [6.45, 7) is 0.821. The molecule has 4 rings (SSSR count). The second kappa shape index (κ2) is 10.3. The molecule has 1 aliphatic rings. The van der Waals surface area contributed by atoms with Crippen LogP contribution in [0.25, 0.3) is 0 Å². The molecule has 3 aromatic rings. The molecule has 1 unspecified atom stereocenters. The van der Waals surface area contributed by atoms with Gasteiger partial charge in [-0.05, 0) is 54.5 Å². The van der Waals surface area contributed by atoms with Crippen LogP contribution in [0, 0.1) is 0 Å². The fourth-order valence-electron chi connectivity index (χ4n) is 4.61. The SMILES string of the molecule is O=C(Cc1ccc(Cl)c(Cl)c1)N1CCCCC1CC(c1ccccc1)c1ccccc1. The van der Waals surface area contributed by atoms with Crippen LogP contribution in [0.1, 0.15) is 48.3 Å². The number of hydrogen-bond donors (Lipinski definition) is 0. The summed E-state index contributed by atoms with van der Waals surface area (Å²) in [5, 5.41) is 1.01. The number of carbonyl (C=O) groups is 1. The van der Waals surface area contributed by atoms with E-state index in [2.05, 4.69) is 65.6 Å². The molecule has 1 heterocycles. The summed E-state index contributed by atoms with van der Waals surface area (Å²) in [5.41, 5.74) is 3.51. The maximum atomic E-state index is 13.3. The van der Waals surface area contributed by atoms with Gasteiger partial charge in [0, 0.05) is 18.5 Å². The van der Waals surface area contributed by atoms with E-state index in [-0.39, 0.29) is 17.9 Å². The average Bonchev–Trinajstić information content (AvgIpc) is 2.81. The summed E-state index contributed by atoms with van der Waals surface area (Å²) in [6, 6.07) is 27.0. The topological polar surface area (TPSA) is 20.3 Å². The Hall–Kier alpha value is -2.29. The molecule has 160 valence electrons. The van der Waals surface area contributed by atoms with Crippen LogP contribution in [0.2, 0.25) is 10.0 Å². The Morgan fingerprint density at radius 2 is 1.52 bits per heavy atom. The highest BCUT2D eigenvalue weighted by Crippen LogP contribution is 2.34. The highest BCUT2D eigenvalue weighted by atomic mass is 35.5. The van der Waals surface area contributed by atoms with Crippen LogP contribution < -0.4 is 0 Å². The predicted octanol–water partition coefficient (Wildman–Crippen LogP) is 7.14. The second-order valence-corrected chi connectivity index (χ2v) is 9.09. The van der Waals surface area contributed by atoms with Crippen molar-refractivity contribution in [2.24, 2.45) is 0 Å². The molecule has 1 fully saturated rings. The van der Waals surface area contributed by atoms with Crippen molar-refractivity contribution in [3.63, 3.8) is 0 Å². The van der Waals surface area contributed by atoms with E-state index in [0.29, 0.717) is 16.5 Å². The molecule has 0 bridgehead atoms. The molecule has 0 radical (unpaired) electrons. The molecule has 1 amide bonds. The van der Waals surface area contributed by atoms with Crippen LogP contribution in [0.4, 0.5) is 0 Å². The summed E-state index contributed by atoms with van der Waals surface area (Å²) >= 11 is 12.2. The quantitative estimate of drug-likeness (QED) is 0.389. The molecule has 1 atom stereocenters. The number of hydrogen-bond acceptors (Lipinski definition) is 1. The zero-order chi connectivity index (χ0) is 21.6. The van der Waals surface area contributed by atoms with Gasteiger partial charge in [0.1, 0.15) is 0 Å². The number of benzene rings is 3. The molecule has 2 nitrogen and oxygen atoms in total. The average molecular weight is 452 g/mol. The highest BCUT2D eigenvalue weighted by molar-refractivity contribution is 6.42. The van der Waals surface area contributed by atoms with E-state index in [0.717, 1.165) is 37.8 Å². The molecule has 0 saturated carbocycles. The Bertz CT molecular complexity index is 967. The molecular weight excluding hydrogens is 425 g/mol. The molecule has 1 saturated heterocycles. The normalized spacial score (nSPS) is 16.5.